The summed E-state index contributed by atoms with van der Waals surface area (Å²) in [5.41, 5.74) is 0.740. The summed E-state index contributed by atoms with van der Waals surface area (Å²) in [6, 6.07) is 4.97. The molecular weight excluding hydrogens is 233 g/mol. The maximum atomic E-state index is 12.3. The molecule has 0 aliphatic carbocycles. The number of ether oxygens (including phenoxy) is 1. The fourth-order valence-electron chi connectivity index (χ4n) is 1.58. The van der Waals surface area contributed by atoms with Crippen molar-refractivity contribution in [3.8, 4) is 5.88 Å². The highest BCUT2D eigenvalue weighted by Gasteiger charge is 2.34. The molecule has 0 unspecified atom stereocenters. The number of pyridine rings is 1. The molecule has 17 heavy (non-hydrogen) atoms. The molecule has 92 valence electrons. The second-order valence-electron chi connectivity index (χ2n) is 3.93. The lowest BCUT2D eigenvalue weighted by atomic mass is 10.1. The zero-order valence-corrected chi connectivity index (χ0v) is 9.32. The molecule has 6 heteroatoms. The van der Waals surface area contributed by atoms with Gasteiger partial charge in [-0.3, -0.25) is 4.40 Å². The molecule has 0 saturated carbocycles. The van der Waals surface area contributed by atoms with Gasteiger partial charge in [-0.25, -0.2) is 4.98 Å². The molecular formula is C11H11F3N2O. The molecule has 0 amide bonds. The molecule has 2 aromatic rings. The molecule has 0 radical (unpaired) electrons. The number of imidazole rings is 1. The van der Waals surface area contributed by atoms with Crippen molar-refractivity contribution in [1.82, 2.24) is 9.38 Å². The van der Waals surface area contributed by atoms with Gasteiger partial charge in [-0.1, -0.05) is 19.9 Å². The van der Waals surface area contributed by atoms with E-state index in [1.54, 1.807) is 32.0 Å². The van der Waals surface area contributed by atoms with Gasteiger partial charge in [0.1, 0.15) is 11.3 Å². The Morgan fingerprint density at radius 1 is 1.29 bits per heavy atom. The highest BCUT2D eigenvalue weighted by Crippen LogP contribution is 2.31. The van der Waals surface area contributed by atoms with Crippen molar-refractivity contribution in [3.05, 3.63) is 30.1 Å². The molecule has 2 heterocycles. The molecule has 0 spiro atoms. The van der Waals surface area contributed by atoms with Crippen LogP contribution in [-0.2, 0) is 0 Å². The first-order valence-electron chi connectivity index (χ1n) is 5.11. The van der Waals surface area contributed by atoms with E-state index in [0.29, 0.717) is 11.3 Å². The van der Waals surface area contributed by atoms with Crippen LogP contribution in [0.25, 0.3) is 5.65 Å². The van der Waals surface area contributed by atoms with E-state index in [-0.39, 0.29) is 11.8 Å². The van der Waals surface area contributed by atoms with E-state index in [9.17, 15) is 13.2 Å². The van der Waals surface area contributed by atoms with E-state index in [1.807, 2.05) is 0 Å². The van der Waals surface area contributed by atoms with Crippen molar-refractivity contribution in [1.29, 1.82) is 0 Å². The number of fused-ring (bicyclic) bond motifs is 1. The van der Waals surface area contributed by atoms with E-state index in [4.69, 9.17) is 0 Å². The van der Waals surface area contributed by atoms with Crippen molar-refractivity contribution in [2.24, 2.45) is 0 Å². The van der Waals surface area contributed by atoms with Crippen molar-refractivity contribution < 1.29 is 17.9 Å². The molecule has 0 bridgehead atoms. The van der Waals surface area contributed by atoms with Crippen LogP contribution in [0.1, 0.15) is 25.5 Å². The minimum Gasteiger partial charge on any atom is -0.387 e. The third-order valence-corrected chi connectivity index (χ3v) is 2.27. The number of nitrogens with zero attached hydrogens (tertiary/aromatic N) is 2. The highest BCUT2D eigenvalue weighted by molar-refractivity contribution is 5.46. The molecule has 0 aromatic carbocycles. The van der Waals surface area contributed by atoms with Crippen LogP contribution in [-0.4, -0.2) is 15.7 Å². The maximum Gasteiger partial charge on any atom is 0.574 e. The average Bonchev–Trinajstić information content (AvgIpc) is 2.55. The first-order chi connectivity index (χ1) is 7.88. The minimum atomic E-state index is -4.71. The maximum absolute atomic E-state index is 12.3. The first kappa shape index (κ1) is 11.8. The van der Waals surface area contributed by atoms with Gasteiger partial charge in [0.05, 0.1) is 0 Å². The van der Waals surface area contributed by atoms with Gasteiger partial charge in [0.15, 0.2) is 0 Å². The standard InChI is InChI=1S/C11H11F3N2O/c1-7(2)9-10(17-11(12,13)14)16-6-4-3-5-8(16)15-9/h3-7H,1-2H3. The molecule has 0 aliphatic heterocycles. The summed E-state index contributed by atoms with van der Waals surface area (Å²) >= 11 is 0. The Morgan fingerprint density at radius 2 is 2.00 bits per heavy atom. The van der Waals surface area contributed by atoms with Crippen LogP contribution in [0.15, 0.2) is 24.4 Å². The number of hydrogen-bond donors (Lipinski definition) is 0. The molecule has 0 fully saturated rings. The zero-order chi connectivity index (χ0) is 12.6. The van der Waals surface area contributed by atoms with Gasteiger partial charge in [-0.15, -0.1) is 13.2 Å². The zero-order valence-electron chi connectivity index (χ0n) is 9.32. The van der Waals surface area contributed by atoms with Crippen LogP contribution in [0.4, 0.5) is 13.2 Å². The fraction of sp³-hybridized carbons (Fsp3) is 0.364. The van der Waals surface area contributed by atoms with Gasteiger partial charge >= 0.3 is 6.36 Å². The number of aromatic nitrogens is 2. The summed E-state index contributed by atoms with van der Waals surface area (Å²) in [6.45, 7) is 3.54. The minimum absolute atomic E-state index is 0.146. The Morgan fingerprint density at radius 3 is 2.59 bits per heavy atom. The lowest BCUT2D eigenvalue weighted by molar-refractivity contribution is -0.276. The second kappa shape index (κ2) is 3.94. The van der Waals surface area contributed by atoms with E-state index < -0.39 is 6.36 Å². The molecule has 2 rings (SSSR count). The second-order valence-corrected chi connectivity index (χ2v) is 3.93. The monoisotopic (exact) mass is 244 g/mol. The topological polar surface area (TPSA) is 26.5 Å². The number of rotatable bonds is 2. The van der Waals surface area contributed by atoms with Crippen molar-refractivity contribution in [3.63, 3.8) is 0 Å². The highest BCUT2D eigenvalue weighted by atomic mass is 19.4. The summed E-state index contributed by atoms with van der Waals surface area (Å²) in [4.78, 5) is 4.13. The van der Waals surface area contributed by atoms with Gasteiger partial charge < -0.3 is 4.74 Å². The average molecular weight is 244 g/mol. The number of halogens is 3. The van der Waals surface area contributed by atoms with Crippen LogP contribution >= 0.6 is 0 Å². The largest absolute Gasteiger partial charge is 0.574 e. The molecule has 0 aliphatic rings. The Kier molecular flexibility index (Phi) is 2.73. The third kappa shape index (κ3) is 2.35. The van der Waals surface area contributed by atoms with Gasteiger partial charge in [-0.05, 0) is 12.1 Å². The molecule has 0 atom stereocenters. The summed E-state index contributed by atoms with van der Waals surface area (Å²) in [7, 11) is 0. The smallest absolute Gasteiger partial charge is 0.387 e. The Labute approximate surface area is 95.8 Å². The van der Waals surface area contributed by atoms with Crippen molar-refractivity contribution in [2.75, 3.05) is 0 Å². The third-order valence-electron chi connectivity index (χ3n) is 2.27. The summed E-state index contributed by atoms with van der Waals surface area (Å²) < 4.78 is 42.3. The predicted octanol–water partition coefficient (Wildman–Crippen LogP) is 3.36. The fourth-order valence-corrected chi connectivity index (χ4v) is 1.58. The Balaban J connectivity index is 2.60. The summed E-state index contributed by atoms with van der Waals surface area (Å²) in [5, 5.41) is 0. The first-order valence-corrected chi connectivity index (χ1v) is 5.11. The van der Waals surface area contributed by atoms with Crippen LogP contribution in [0.3, 0.4) is 0 Å². The number of hydrogen-bond acceptors (Lipinski definition) is 2. The predicted molar refractivity (Wildman–Crippen MR) is 56.0 cm³/mol. The normalized spacial score (nSPS) is 12.4. The van der Waals surface area contributed by atoms with Gasteiger partial charge in [0.25, 0.3) is 0 Å². The molecule has 0 saturated heterocycles. The van der Waals surface area contributed by atoms with Crippen LogP contribution in [0.5, 0.6) is 5.88 Å². The van der Waals surface area contributed by atoms with Gasteiger partial charge in [0.2, 0.25) is 5.88 Å². The summed E-state index contributed by atoms with van der Waals surface area (Å²) in [6.07, 6.45) is -3.22. The van der Waals surface area contributed by atoms with E-state index in [2.05, 4.69) is 9.72 Å². The van der Waals surface area contributed by atoms with Crippen molar-refractivity contribution >= 4 is 5.65 Å². The van der Waals surface area contributed by atoms with Gasteiger partial charge in [-0.2, -0.15) is 0 Å². The van der Waals surface area contributed by atoms with E-state index in [1.165, 1.54) is 10.6 Å². The SMILES string of the molecule is CC(C)c1nc2ccccn2c1OC(F)(F)F. The van der Waals surface area contributed by atoms with Crippen LogP contribution < -0.4 is 4.74 Å². The van der Waals surface area contributed by atoms with E-state index >= 15 is 0 Å². The lowest BCUT2D eigenvalue weighted by Gasteiger charge is -2.11. The molecule has 2 aromatic heterocycles. The van der Waals surface area contributed by atoms with E-state index in [0.717, 1.165) is 0 Å². The summed E-state index contributed by atoms with van der Waals surface area (Å²) in [5.74, 6) is -0.407. The number of alkyl halides is 3. The molecule has 3 nitrogen and oxygen atoms in total. The van der Waals surface area contributed by atoms with Crippen molar-refractivity contribution in [2.45, 2.75) is 26.1 Å². The molecule has 0 N–H and O–H groups in total. The van der Waals surface area contributed by atoms with Gasteiger partial charge in [0, 0.05) is 12.1 Å². The van der Waals surface area contributed by atoms with Crippen LogP contribution in [0, 0.1) is 0 Å². The Hall–Kier alpha value is -1.72. The quantitative estimate of drug-likeness (QED) is 0.809. The Bertz CT molecular complexity index is 531. The van der Waals surface area contributed by atoms with Crippen LogP contribution in [0.2, 0.25) is 0 Å². The lowest BCUT2D eigenvalue weighted by Crippen LogP contribution is -2.19.